The summed E-state index contributed by atoms with van der Waals surface area (Å²) in [6.07, 6.45) is 4.80. The third-order valence-corrected chi connectivity index (χ3v) is 6.23. The van der Waals surface area contributed by atoms with Gasteiger partial charge < -0.3 is 10.1 Å². The molecule has 0 spiro atoms. The van der Waals surface area contributed by atoms with Crippen LogP contribution in [0, 0.1) is 19.8 Å². The van der Waals surface area contributed by atoms with Gasteiger partial charge in [0, 0.05) is 10.6 Å². The van der Waals surface area contributed by atoms with E-state index in [1.165, 1.54) is 23.2 Å². The average molecular weight is 382 g/mol. The molecule has 2 heterocycles. The van der Waals surface area contributed by atoms with Crippen LogP contribution in [0.1, 0.15) is 34.9 Å². The van der Waals surface area contributed by atoms with Gasteiger partial charge in [-0.2, -0.15) is 0 Å². The fourth-order valence-corrected chi connectivity index (χ4v) is 4.89. The zero-order chi connectivity index (χ0) is 19.0. The van der Waals surface area contributed by atoms with Crippen LogP contribution in [0.5, 0.6) is 5.88 Å². The van der Waals surface area contributed by atoms with E-state index in [-0.39, 0.29) is 12.5 Å². The zero-order valence-corrected chi connectivity index (χ0v) is 16.7. The molecule has 2 aromatic heterocycles. The third kappa shape index (κ3) is 3.67. The second-order valence-electron chi connectivity index (χ2n) is 7.37. The van der Waals surface area contributed by atoms with Crippen LogP contribution in [0.15, 0.2) is 24.5 Å². The number of aryl methyl sites for hydroxylation is 3. The van der Waals surface area contributed by atoms with Gasteiger partial charge in [0.2, 0.25) is 5.88 Å². The van der Waals surface area contributed by atoms with E-state index in [2.05, 4.69) is 22.2 Å². The van der Waals surface area contributed by atoms with Crippen LogP contribution in [0.3, 0.4) is 0 Å². The van der Waals surface area contributed by atoms with E-state index < -0.39 is 0 Å². The number of ether oxygens (including phenoxy) is 1. The van der Waals surface area contributed by atoms with E-state index in [9.17, 15) is 4.79 Å². The highest BCUT2D eigenvalue weighted by molar-refractivity contribution is 7.18. The van der Waals surface area contributed by atoms with Crippen molar-refractivity contribution >= 4 is 33.1 Å². The predicted octanol–water partition coefficient (Wildman–Crippen LogP) is 4.45. The van der Waals surface area contributed by atoms with E-state index in [1.807, 2.05) is 32.0 Å². The number of rotatable bonds is 4. The van der Waals surface area contributed by atoms with Crippen LogP contribution in [-0.2, 0) is 17.6 Å². The number of thiophene rings is 1. The third-order valence-electron chi connectivity index (χ3n) is 5.06. The molecule has 140 valence electrons. The van der Waals surface area contributed by atoms with Gasteiger partial charge in [-0.1, -0.05) is 19.1 Å². The molecule has 0 fully saturated rings. The van der Waals surface area contributed by atoms with Gasteiger partial charge in [0.15, 0.2) is 6.61 Å². The predicted molar refractivity (Wildman–Crippen MR) is 109 cm³/mol. The number of fused-ring (bicyclic) bond motifs is 3. The minimum absolute atomic E-state index is 0.0689. The normalized spacial score (nSPS) is 16.2. The molecule has 0 bridgehead atoms. The Bertz CT molecular complexity index is 1010. The number of anilines is 1. The van der Waals surface area contributed by atoms with Crippen LogP contribution in [0.2, 0.25) is 0 Å². The van der Waals surface area contributed by atoms with E-state index >= 15 is 0 Å². The van der Waals surface area contributed by atoms with Crippen molar-refractivity contribution < 1.29 is 9.53 Å². The van der Waals surface area contributed by atoms with E-state index in [4.69, 9.17) is 4.74 Å². The summed E-state index contributed by atoms with van der Waals surface area (Å²) in [5, 5.41) is 3.92. The molecule has 1 unspecified atom stereocenters. The van der Waals surface area contributed by atoms with Gasteiger partial charge in [0.05, 0.1) is 5.39 Å². The minimum Gasteiger partial charge on any atom is -0.467 e. The quantitative estimate of drug-likeness (QED) is 0.725. The molecule has 1 aliphatic rings. The number of amides is 1. The first-order valence-corrected chi connectivity index (χ1v) is 10.1. The first kappa shape index (κ1) is 17.9. The van der Waals surface area contributed by atoms with Crippen molar-refractivity contribution in [1.29, 1.82) is 0 Å². The van der Waals surface area contributed by atoms with Gasteiger partial charge in [-0.25, -0.2) is 9.97 Å². The monoisotopic (exact) mass is 381 g/mol. The van der Waals surface area contributed by atoms with Crippen molar-refractivity contribution in [2.45, 2.75) is 40.0 Å². The molecular formula is C21H23N3O2S. The summed E-state index contributed by atoms with van der Waals surface area (Å²) in [6, 6.07) is 5.99. The lowest BCUT2D eigenvalue weighted by Gasteiger charge is -2.18. The molecule has 6 heteroatoms. The molecule has 1 N–H and O–H groups in total. The molecule has 1 amide bonds. The number of aromatic nitrogens is 2. The Kier molecular flexibility index (Phi) is 4.83. The van der Waals surface area contributed by atoms with Crippen LogP contribution in [0.4, 0.5) is 5.69 Å². The summed E-state index contributed by atoms with van der Waals surface area (Å²) in [4.78, 5) is 23.4. The molecule has 0 saturated heterocycles. The second-order valence-corrected chi connectivity index (χ2v) is 8.45. The number of carbonyl (C=O) groups is 1. The van der Waals surface area contributed by atoms with Crippen molar-refractivity contribution in [3.63, 3.8) is 0 Å². The maximum absolute atomic E-state index is 12.4. The van der Waals surface area contributed by atoms with Crippen molar-refractivity contribution in [1.82, 2.24) is 9.97 Å². The maximum atomic E-state index is 12.4. The van der Waals surface area contributed by atoms with Crippen molar-refractivity contribution in [3.05, 3.63) is 46.1 Å². The Balaban J connectivity index is 1.52. The summed E-state index contributed by atoms with van der Waals surface area (Å²) < 4.78 is 5.82. The van der Waals surface area contributed by atoms with Gasteiger partial charge in [0.1, 0.15) is 11.2 Å². The molecule has 1 aliphatic carbocycles. The number of carbonyl (C=O) groups excluding carboxylic acids is 1. The first-order valence-electron chi connectivity index (χ1n) is 9.26. The molecule has 0 radical (unpaired) electrons. The Morgan fingerprint density at radius 1 is 1.33 bits per heavy atom. The highest BCUT2D eigenvalue weighted by Gasteiger charge is 2.23. The van der Waals surface area contributed by atoms with Crippen molar-refractivity contribution in [2.75, 3.05) is 11.9 Å². The fourth-order valence-electron chi connectivity index (χ4n) is 3.55. The van der Waals surface area contributed by atoms with Crippen molar-refractivity contribution in [2.24, 2.45) is 5.92 Å². The molecular weight excluding hydrogens is 358 g/mol. The van der Waals surface area contributed by atoms with Gasteiger partial charge in [-0.3, -0.25) is 4.79 Å². The summed E-state index contributed by atoms with van der Waals surface area (Å²) >= 11 is 1.73. The number of nitrogens with zero attached hydrogens (tertiary/aromatic N) is 2. The molecule has 3 aromatic rings. The largest absolute Gasteiger partial charge is 0.467 e. The Morgan fingerprint density at radius 3 is 3.04 bits per heavy atom. The van der Waals surface area contributed by atoms with Crippen LogP contribution in [0.25, 0.3) is 10.2 Å². The van der Waals surface area contributed by atoms with E-state index in [1.54, 1.807) is 11.3 Å². The standard InChI is InChI=1S/C21H23N3O2S/c1-12-4-6-14(3)16(8-12)24-18(25)10-26-20-19-15-7-5-13(2)9-17(15)27-21(19)23-11-22-20/h4,6,8,11,13H,5,7,9-10H2,1-3H3,(H,24,25). The Labute approximate surface area is 162 Å². The van der Waals surface area contributed by atoms with Crippen molar-refractivity contribution in [3.8, 4) is 5.88 Å². The summed E-state index contributed by atoms with van der Waals surface area (Å²) in [6.45, 7) is 6.20. The number of nitrogens with one attached hydrogen (secondary N) is 1. The zero-order valence-electron chi connectivity index (χ0n) is 15.8. The highest BCUT2D eigenvalue weighted by Crippen LogP contribution is 2.40. The number of benzene rings is 1. The van der Waals surface area contributed by atoms with Crippen LogP contribution >= 0.6 is 11.3 Å². The molecule has 5 nitrogen and oxygen atoms in total. The molecule has 0 aliphatic heterocycles. The molecule has 1 atom stereocenters. The number of hydrogen-bond donors (Lipinski definition) is 1. The topological polar surface area (TPSA) is 64.1 Å². The van der Waals surface area contributed by atoms with E-state index in [0.717, 1.165) is 39.9 Å². The smallest absolute Gasteiger partial charge is 0.262 e. The molecule has 0 saturated carbocycles. The molecule has 1 aromatic carbocycles. The Hall–Kier alpha value is -2.47. The maximum Gasteiger partial charge on any atom is 0.262 e. The SMILES string of the molecule is Cc1ccc(C)c(NC(=O)COc2ncnc3sc4c(c23)CCC(C)C4)c1. The lowest BCUT2D eigenvalue weighted by atomic mass is 9.89. The van der Waals surface area contributed by atoms with Gasteiger partial charge in [-0.05, 0) is 61.8 Å². The number of hydrogen-bond acceptors (Lipinski definition) is 5. The molecule has 27 heavy (non-hydrogen) atoms. The highest BCUT2D eigenvalue weighted by atomic mass is 32.1. The van der Waals surface area contributed by atoms with E-state index in [0.29, 0.717) is 11.8 Å². The lowest BCUT2D eigenvalue weighted by Crippen LogP contribution is -2.21. The Morgan fingerprint density at radius 2 is 2.19 bits per heavy atom. The minimum atomic E-state index is -0.187. The van der Waals surface area contributed by atoms with Gasteiger partial charge in [0.25, 0.3) is 5.91 Å². The van der Waals surface area contributed by atoms with Gasteiger partial charge in [-0.15, -0.1) is 11.3 Å². The lowest BCUT2D eigenvalue weighted by molar-refractivity contribution is -0.118. The average Bonchev–Trinajstić information content (AvgIpc) is 3.01. The summed E-state index contributed by atoms with van der Waals surface area (Å²) in [7, 11) is 0. The summed E-state index contributed by atoms with van der Waals surface area (Å²) in [5.41, 5.74) is 4.25. The second kappa shape index (κ2) is 7.27. The first-order chi connectivity index (χ1) is 13.0. The van der Waals surface area contributed by atoms with Crippen LogP contribution < -0.4 is 10.1 Å². The summed E-state index contributed by atoms with van der Waals surface area (Å²) in [5.74, 6) is 1.03. The molecule has 4 rings (SSSR count). The van der Waals surface area contributed by atoms with Crippen LogP contribution in [-0.4, -0.2) is 22.5 Å². The van der Waals surface area contributed by atoms with Gasteiger partial charge >= 0.3 is 0 Å². The fraction of sp³-hybridized carbons (Fsp3) is 0.381.